The fraction of sp³-hybridized carbons (Fsp3) is 0.579. The molecule has 10 heteroatoms. The number of amides is 1. The van der Waals surface area contributed by atoms with Gasteiger partial charge in [-0.1, -0.05) is 13.8 Å². The van der Waals surface area contributed by atoms with Crippen LogP contribution in [0.5, 0.6) is 11.5 Å². The van der Waals surface area contributed by atoms with Gasteiger partial charge < -0.3 is 29.4 Å². The second-order valence-corrected chi connectivity index (χ2v) is 6.87. The standard InChI is InChI=1S/C19H26N2O8/c1-10(2)18(24)29-14-9-27-8-6-12(19(25)28-11(14)3)21-17(23)15-16(22)13(26-4)5-7-20-15/h5,7,10-12,14,22H,6,8-9H2,1-4H3,(H,21,23)/t11-,12-,14+/m0/s1. The summed E-state index contributed by atoms with van der Waals surface area (Å²) < 4.78 is 21.2. The topological polar surface area (TPSA) is 133 Å². The van der Waals surface area contributed by atoms with Crippen LogP contribution in [0.25, 0.3) is 0 Å². The Morgan fingerprint density at radius 3 is 2.76 bits per heavy atom. The number of hydrogen-bond acceptors (Lipinski definition) is 9. The van der Waals surface area contributed by atoms with Crippen molar-refractivity contribution in [1.29, 1.82) is 0 Å². The quantitative estimate of drug-likeness (QED) is 0.677. The maximum absolute atomic E-state index is 12.5. The number of aromatic nitrogens is 1. The lowest BCUT2D eigenvalue weighted by molar-refractivity contribution is -0.172. The average molecular weight is 410 g/mol. The predicted octanol–water partition coefficient (Wildman–Crippen LogP) is 0.814. The van der Waals surface area contributed by atoms with Gasteiger partial charge in [-0.15, -0.1) is 0 Å². The van der Waals surface area contributed by atoms with Crippen LogP contribution in [-0.2, 0) is 23.8 Å². The molecule has 10 nitrogen and oxygen atoms in total. The van der Waals surface area contributed by atoms with Crippen LogP contribution in [0.15, 0.2) is 12.3 Å². The van der Waals surface area contributed by atoms with E-state index in [0.717, 1.165) is 0 Å². The molecule has 0 aliphatic carbocycles. The van der Waals surface area contributed by atoms with Crippen LogP contribution in [0, 0.1) is 5.92 Å². The van der Waals surface area contributed by atoms with E-state index >= 15 is 0 Å². The van der Waals surface area contributed by atoms with Crippen molar-refractivity contribution < 1.29 is 38.4 Å². The van der Waals surface area contributed by atoms with E-state index in [1.807, 2.05) is 0 Å². The predicted molar refractivity (Wildman–Crippen MR) is 99.4 cm³/mol. The molecule has 2 N–H and O–H groups in total. The number of esters is 2. The number of rotatable bonds is 5. The molecule has 0 bridgehead atoms. The van der Waals surface area contributed by atoms with Gasteiger partial charge in [0.25, 0.3) is 5.91 Å². The number of nitrogens with one attached hydrogen (secondary N) is 1. The van der Waals surface area contributed by atoms with E-state index < -0.39 is 41.8 Å². The Balaban J connectivity index is 2.08. The average Bonchev–Trinajstić information content (AvgIpc) is 2.73. The molecule has 1 saturated heterocycles. The second-order valence-electron chi connectivity index (χ2n) is 6.87. The molecule has 160 valence electrons. The number of methoxy groups -OCH3 is 1. The van der Waals surface area contributed by atoms with Gasteiger partial charge in [0.1, 0.15) is 12.1 Å². The smallest absolute Gasteiger partial charge is 0.329 e. The Morgan fingerprint density at radius 1 is 1.38 bits per heavy atom. The molecule has 29 heavy (non-hydrogen) atoms. The van der Waals surface area contributed by atoms with E-state index in [-0.39, 0.29) is 37.0 Å². The molecule has 1 aromatic rings. The van der Waals surface area contributed by atoms with Crippen molar-refractivity contribution in [1.82, 2.24) is 10.3 Å². The number of cyclic esters (lactones) is 1. The van der Waals surface area contributed by atoms with Crippen LogP contribution in [-0.4, -0.2) is 66.5 Å². The summed E-state index contributed by atoms with van der Waals surface area (Å²) in [5, 5.41) is 12.6. The van der Waals surface area contributed by atoms with Crippen molar-refractivity contribution in [2.45, 2.75) is 45.4 Å². The summed E-state index contributed by atoms with van der Waals surface area (Å²) >= 11 is 0. The Bertz CT molecular complexity index is 752. The van der Waals surface area contributed by atoms with Gasteiger partial charge in [0.15, 0.2) is 23.3 Å². The van der Waals surface area contributed by atoms with Crippen molar-refractivity contribution >= 4 is 17.8 Å². The van der Waals surface area contributed by atoms with Crippen LogP contribution >= 0.6 is 0 Å². The molecule has 3 atom stereocenters. The van der Waals surface area contributed by atoms with Crippen molar-refractivity contribution in [2.24, 2.45) is 5.92 Å². The number of nitrogens with zero attached hydrogens (tertiary/aromatic N) is 1. The zero-order valence-electron chi connectivity index (χ0n) is 16.8. The van der Waals surface area contributed by atoms with Gasteiger partial charge in [0, 0.05) is 25.3 Å². The normalized spacial score (nSPS) is 22.7. The highest BCUT2D eigenvalue weighted by atomic mass is 16.6. The minimum atomic E-state index is -1.03. The van der Waals surface area contributed by atoms with E-state index in [1.54, 1.807) is 20.8 Å². The number of carbonyl (C=O) groups excluding carboxylic acids is 3. The molecule has 2 rings (SSSR count). The number of carbonyl (C=O) groups is 3. The van der Waals surface area contributed by atoms with E-state index in [2.05, 4.69) is 10.3 Å². The Kier molecular flexibility index (Phi) is 7.77. The fourth-order valence-corrected chi connectivity index (χ4v) is 2.54. The molecule has 1 amide bonds. The summed E-state index contributed by atoms with van der Waals surface area (Å²) in [5.41, 5.74) is -0.283. The van der Waals surface area contributed by atoms with Crippen molar-refractivity contribution in [2.75, 3.05) is 20.3 Å². The van der Waals surface area contributed by atoms with Gasteiger partial charge >= 0.3 is 11.9 Å². The molecule has 0 spiro atoms. The highest BCUT2D eigenvalue weighted by Crippen LogP contribution is 2.27. The Labute approximate surface area is 168 Å². The highest BCUT2D eigenvalue weighted by molar-refractivity contribution is 5.97. The third-order valence-corrected chi connectivity index (χ3v) is 4.31. The molecule has 1 aromatic heterocycles. The first kappa shape index (κ1) is 22.4. The zero-order valence-corrected chi connectivity index (χ0v) is 16.8. The third-order valence-electron chi connectivity index (χ3n) is 4.31. The molecule has 1 aliphatic heterocycles. The maximum atomic E-state index is 12.5. The van der Waals surface area contributed by atoms with Crippen LogP contribution < -0.4 is 10.1 Å². The van der Waals surface area contributed by atoms with Gasteiger partial charge in [-0.25, -0.2) is 9.78 Å². The molecule has 0 aromatic carbocycles. The van der Waals surface area contributed by atoms with Crippen molar-refractivity contribution in [3.05, 3.63) is 18.0 Å². The summed E-state index contributed by atoms with van der Waals surface area (Å²) in [6.07, 6.45) is -0.0980. The summed E-state index contributed by atoms with van der Waals surface area (Å²) in [6, 6.07) is 0.367. The highest BCUT2D eigenvalue weighted by Gasteiger charge is 2.32. The fourth-order valence-electron chi connectivity index (χ4n) is 2.54. The Hall–Kier alpha value is -2.88. The van der Waals surface area contributed by atoms with Crippen LogP contribution in [0.2, 0.25) is 0 Å². The largest absolute Gasteiger partial charge is 0.503 e. The lowest BCUT2D eigenvalue weighted by Crippen LogP contribution is -2.44. The number of hydrogen-bond donors (Lipinski definition) is 2. The van der Waals surface area contributed by atoms with E-state index in [1.165, 1.54) is 19.4 Å². The first-order chi connectivity index (χ1) is 13.7. The molecule has 0 saturated carbocycles. The molecule has 1 fully saturated rings. The molecule has 2 heterocycles. The summed E-state index contributed by atoms with van der Waals surface area (Å²) in [6.45, 7) is 5.16. The lowest BCUT2D eigenvalue weighted by Gasteiger charge is -2.24. The second kappa shape index (κ2) is 10.1. The minimum absolute atomic E-state index is 0.0613. The van der Waals surface area contributed by atoms with Crippen molar-refractivity contribution in [3.63, 3.8) is 0 Å². The Morgan fingerprint density at radius 2 is 2.10 bits per heavy atom. The zero-order chi connectivity index (χ0) is 21.6. The van der Waals surface area contributed by atoms with Crippen LogP contribution in [0.3, 0.4) is 0 Å². The third kappa shape index (κ3) is 5.80. The number of aromatic hydroxyl groups is 1. The van der Waals surface area contributed by atoms with Gasteiger partial charge in [-0.3, -0.25) is 9.59 Å². The van der Waals surface area contributed by atoms with Crippen LogP contribution in [0.1, 0.15) is 37.7 Å². The first-order valence-corrected chi connectivity index (χ1v) is 9.26. The number of ether oxygens (including phenoxy) is 4. The minimum Gasteiger partial charge on any atom is -0.503 e. The first-order valence-electron chi connectivity index (χ1n) is 9.26. The van der Waals surface area contributed by atoms with Gasteiger partial charge in [0.05, 0.1) is 19.6 Å². The SMILES string of the molecule is COc1ccnc(C(=O)N[C@H]2CCOC[C@@H](OC(=O)C(C)C)[C@H](C)OC2=O)c1O. The molecular weight excluding hydrogens is 384 g/mol. The summed E-state index contributed by atoms with van der Waals surface area (Å²) in [5.74, 6) is -2.59. The molecular formula is C19H26N2O8. The van der Waals surface area contributed by atoms with E-state index in [0.29, 0.717) is 0 Å². The van der Waals surface area contributed by atoms with Gasteiger partial charge in [-0.05, 0) is 6.92 Å². The van der Waals surface area contributed by atoms with Gasteiger partial charge in [-0.2, -0.15) is 0 Å². The summed E-state index contributed by atoms with van der Waals surface area (Å²) in [4.78, 5) is 40.7. The number of pyridine rings is 1. The van der Waals surface area contributed by atoms with Crippen molar-refractivity contribution in [3.8, 4) is 11.5 Å². The monoisotopic (exact) mass is 410 g/mol. The lowest BCUT2D eigenvalue weighted by atomic mass is 10.2. The summed E-state index contributed by atoms with van der Waals surface area (Å²) in [7, 11) is 1.34. The van der Waals surface area contributed by atoms with E-state index in [4.69, 9.17) is 18.9 Å². The molecule has 0 radical (unpaired) electrons. The maximum Gasteiger partial charge on any atom is 0.329 e. The van der Waals surface area contributed by atoms with Gasteiger partial charge in [0.2, 0.25) is 0 Å². The molecule has 0 unspecified atom stereocenters. The molecule has 1 aliphatic rings. The van der Waals surface area contributed by atoms with E-state index in [9.17, 15) is 19.5 Å². The van der Waals surface area contributed by atoms with Crippen LogP contribution in [0.4, 0.5) is 0 Å².